The molecule has 0 aliphatic rings. The molecule has 0 aromatic heterocycles. The Morgan fingerprint density at radius 3 is 0.825 bits per heavy atom. The summed E-state index contributed by atoms with van der Waals surface area (Å²) in [6.07, 6.45) is 96.7. The number of allylic oxidation sites excluding steroid dienone is 26. The van der Waals surface area contributed by atoms with E-state index >= 15 is 0 Å². The lowest BCUT2D eigenvalue weighted by Gasteiger charge is -2.18. The highest BCUT2D eigenvalue weighted by Gasteiger charge is 2.19. The van der Waals surface area contributed by atoms with E-state index in [1.165, 1.54) is 77.0 Å². The van der Waals surface area contributed by atoms with Gasteiger partial charge in [0.15, 0.2) is 6.10 Å². The van der Waals surface area contributed by atoms with Crippen molar-refractivity contribution in [3.8, 4) is 0 Å². The van der Waals surface area contributed by atoms with E-state index in [0.717, 1.165) is 148 Å². The number of rotatable bonds is 57. The maximum atomic E-state index is 12.9. The first kappa shape index (κ1) is 75.0. The van der Waals surface area contributed by atoms with Crippen molar-refractivity contribution in [2.45, 2.75) is 277 Å². The Bertz CT molecular complexity index is 1790. The minimum absolute atomic E-state index is 0.111. The molecule has 0 aromatic rings. The summed E-state index contributed by atoms with van der Waals surface area (Å²) in [5.41, 5.74) is 0. The van der Waals surface area contributed by atoms with Gasteiger partial charge in [-0.15, -0.1) is 0 Å². The van der Waals surface area contributed by atoms with E-state index in [2.05, 4.69) is 179 Å². The van der Waals surface area contributed by atoms with E-state index in [4.69, 9.17) is 14.2 Å². The zero-order valence-corrected chi connectivity index (χ0v) is 51.5. The normalized spacial score (nSPS) is 13.2. The van der Waals surface area contributed by atoms with Crippen LogP contribution in [0.4, 0.5) is 0 Å². The van der Waals surface area contributed by atoms with Crippen molar-refractivity contribution in [2.24, 2.45) is 0 Å². The lowest BCUT2D eigenvalue weighted by Crippen LogP contribution is -2.30. The van der Waals surface area contributed by atoms with Crippen molar-refractivity contribution in [2.75, 3.05) is 13.2 Å². The van der Waals surface area contributed by atoms with Gasteiger partial charge in [-0.05, 0) is 141 Å². The van der Waals surface area contributed by atoms with Crippen molar-refractivity contribution in [3.05, 3.63) is 158 Å². The molecule has 0 saturated heterocycles. The summed E-state index contributed by atoms with van der Waals surface area (Å²) in [7, 11) is 0. The lowest BCUT2D eigenvalue weighted by atomic mass is 10.1. The first-order chi connectivity index (χ1) is 39.5. The fraction of sp³-hybridized carbons (Fsp3) is 0.608. The molecule has 0 aliphatic carbocycles. The average Bonchev–Trinajstić information content (AvgIpc) is 3.46. The maximum absolute atomic E-state index is 12.9. The quantitative estimate of drug-likeness (QED) is 0.0261. The third-order valence-electron chi connectivity index (χ3n) is 13.2. The van der Waals surface area contributed by atoms with Crippen molar-refractivity contribution in [3.63, 3.8) is 0 Å². The van der Waals surface area contributed by atoms with E-state index in [1.807, 2.05) is 0 Å². The molecule has 0 rings (SSSR count). The Morgan fingerprint density at radius 1 is 0.263 bits per heavy atom. The van der Waals surface area contributed by atoms with Gasteiger partial charge >= 0.3 is 17.9 Å². The van der Waals surface area contributed by atoms with E-state index in [1.54, 1.807) is 0 Å². The highest BCUT2D eigenvalue weighted by atomic mass is 16.6. The molecule has 0 aliphatic heterocycles. The Morgan fingerprint density at radius 2 is 0.500 bits per heavy atom. The standard InChI is InChI=1S/C74H118O6/c1-4-7-10-13-16-19-22-25-28-31-33-35-37-39-41-43-46-49-52-55-58-61-64-67-73(76)79-70-71(69-78-72(75)66-63-60-57-54-51-48-45-30-27-24-21-18-15-12-9-6-3)80-74(77)68-65-62-59-56-53-50-47-44-42-40-38-36-34-32-29-26-23-20-17-14-11-8-5-2/h7-8,10-11,16-17,19-20,25-26,28-30,33-36,39-42,45-46,49,55,58,71H,4-6,9,12-15,18,21-24,27,31-32,37-38,43-44,47-48,50-54,56-57,59-70H2,1-3H3/b10-7-,11-8-,19-16-,20-17-,28-25-,29-26-,35-33-,36-34-,41-39-,42-40-,45-30-,49-46-,58-55-. The number of carbonyl (C=O) groups is 3. The SMILES string of the molecule is CC/C=C\C/C=C\C/C=C\C/C=C\C/C=C\C/C=C\C/C=C\CCCC(=O)OCC(COC(=O)CCCCCCC/C=C\CCCCCCCCC)OC(=O)CCCCCCCCC/C=C\C/C=C\C/C=C\C/C=C\C/C=C\CC. The van der Waals surface area contributed by atoms with E-state index in [0.29, 0.717) is 19.3 Å². The van der Waals surface area contributed by atoms with Crippen LogP contribution in [0.1, 0.15) is 271 Å². The molecular weight excluding hydrogens is 985 g/mol. The Hall–Kier alpha value is -4.97. The zero-order chi connectivity index (χ0) is 57.8. The first-order valence-electron chi connectivity index (χ1n) is 32.5. The predicted octanol–water partition coefficient (Wildman–Crippen LogP) is 22.5. The average molecular weight is 1100 g/mol. The monoisotopic (exact) mass is 1100 g/mol. The molecule has 0 bridgehead atoms. The van der Waals surface area contributed by atoms with Gasteiger partial charge in [-0.25, -0.2) is 0 Å². The van der Waals surface area contributed by atoms with Crippen molar-refractivity contribution in [1.82, 2.24) is 0 Å². The Kier molecular flexibility index (Phi) is 62.4. The maximum Gasteiger partial charge on any atom is 0.306 e. The summed E-state index contributed by atoms with van der Waals surface area (Å²) >= 11 is 0. The molecule has 1 unspecified atom stereocenters. The van der Waals surface area contributed by atoms with Gasteiger partial charge < -0.3 is 14.2 Å². The van der Waals surface area contributed by atoms with Crippen LogP contribution in [0.3, 0.4) is 0 Å². The number of ether oxygens (including phenoxy) is 3. The van der Waals surface area contributed by atoms with Crippen LogP contribution < -0.4 is 0 Å². The molecule has 0 saturated carbocycles. The van der Waals surface area contributed by atoms with E-state index in [9.17, 15) is 14.4 Å². The predicted molar refractivity (Wildman–Crippen MR) is 348 cm³/mol. The van der Waals surface area contributed by atoms with Crippen LogP contribution >= 0.6 is 0 Å². The summed E-state index contributed by atoms with van der Waals surface area (Å²) < 4.78 is 16.9. The van der Waals surface area contributed by atoms with Crippen LogP contribution in [0.2, 0.25) is 0 Å². The van der Waals surface area contributed by atoms with Gasteiger partial charge in [-0.3, -0.25) is 14.4 Å². The molecule has 450 valence electrons. The van der Waals surface area contributed by atoms with Gasteiger partial charge in [0.05, 0.1) is 0 Å². The fourth-order valence-corrected chi connectivity index (χ4v) is 8.45. The minimum Gasteiger partial charge on any atom is -0.462 e. The molecule has 0 heterocycles. The lowest BCUT2D eigenvalue weighted by molar-refractivity contribution is -0.167. The van der Waals surface area contributed by atoms with Gasteiger partial charge in [0.25, 0.3) is 0 Å². The molecule has 0 spiro atoms. The van der Waals surface area contributed by atoms with Crippen molar-refractivity contribution >= 4 is 17.9 Å². The molecule has 0 N–H and O–H groups in total. The summed E-state index contributed by atoms with van der Waals surface area (Å²) in [6.45, 7) is 6.35. The van der Waals surface area contributed by atoms with Crippen LogP contribution in [-0.4, -0.2) is 37.2 Å². The highest BCUT2D eigenvalue weighted by Crippen LogP contribution is 2.14. The number of carbonyl (C=O) groups excluding carboxylic acids is 3. The number of hydrogen-bond donors (Lipinski definition) is 0. The van der Waals surface area contributed by atoms with Crippen LogP contribution in [0.15, 0.2) is 158 Å². The van der Waals surface area contributed by atoms with Gasteiger partial charge in [0.2, 0.25) is 0 Å². The number of esters is 3. The van der Waals surface area contributed by atoms with Crippen LogP contribution in [0.5, 0.6) is 0 Å². The molecular formula is C74H118O6. The van der Waals surface area contributed by atoms with Crippen LogP contribution in [-0.2, 0) is 28.6 Å². The van der Waals surface area contributed by atoms with Crippen LogP contribution in [0.25, 0.3) is 0 Å². The number of unbranched alkanes of at least 4 members (excludes halogenated alkanes) is 20. The van der Waals surface area contributed by atoms with Gasteiger partial charge in [0, 0.05) is 19.3 Å². The van der Waals surface area contributed by atoms with E-state index in [-0.39, 0.29) is 37.5 Å². The van der Waals surface area contributed by atoms with Gasteiger partial charge in [-0.2, -0.15) is 0 Å². The molecule has 0 radical (unpaired) electrons. The topological polar surface area (TPSA) is 78.9 Å². The minimum atomic E-state index is -0.821. The second kappa shape index (κ2) is 66.5. The molecule has 1 atom stereocenters. The second-order valence-electron chi connectivity index (χ2n) is 20.9. The molecule has 0 fully saturated rings. The first-order valence-corrected chi connectivity index (χ1v) is 32.5. The summed E-state index contributed by atoms with van der Waals surface area (Å²) in [5.74, 6) is -0.993. The molecule has 80 heavy (non-hydrogen) atoms. The summed E-state index contributed by atoms with van der Waals surface area (Å²) in [5, 5.41) is 0. The Balaban J connectivity index is 4.54. The smallest absolute Gasteiger partial charge is 0.306 e. The molecule has 0 aromatic carbocycles. The molecule has 6 heteroatoms. The highest BCUT2D eigenvalue weighted by molar-refractivity contribution is 5.71. The largest absolute Gasteiger partial charge is 0.462 e. The van der Waals surface area contributed by atoms with Crippen molar-refractivity contribution in [1.29, 1.82) is 0 Å². The van der Waals surface area contributed by atoms with E-state index < -0.39 is 6.10 Å². The van der Waals surface area contributed by atoms with Crippen molar-refractivity contribution < 1.29 is 28.6 Å². The molecule has 6 nitrogen and oxygen atoms in total. The van der Waals surface area contributed by atoms with Gasteiger partial charge in [0.1, 0.15) is 13.2 Å². The zero-order valence-electron chi connectivity index (χ0n) is 51.5. The van der Waals surface area contributed by atoms with Gasteiger partial charge in [-0.1, -0.05) is 269 Å². The summed E-state index contributed by atoms with van der Waals surface area (Å²) in [4.78, 5) is 38.4. The third kappa shape index (κ3) is 63.9. The third-order valence-corrected chi connectivity index (χ3v) is 13.2. The molecule has 0 amide bonds. The second-order valence-corrected chi connectivity index (χ2v) is 20.9. The fourth-order valence-electron chi connectivity index (χ4n) is 8.45. The summed E-state index contributed by atoms with van der Waals surface area (Å²) in [6, 6.07) is 0. The number of hydrogen-bond acceptors (Lipinski definition) is 6. The van der Waals surface area contributed by atoms with Crippen LogP contribution in [0, 0.1) is 0 Å². The Labute approximate surface area is 492 Å².